The number of alkyl halides is 3. The molecular formula is C13H13F3N4O. The third kappa shape index (κ3) is 3.59. The van der Waals surface area contributed by atoms with Gasteiger partial charge in [0.2, 0.25) is 5.95 Å². The number of nitrogens with zero attached hydrogens (tertiary/aromatic N) is 3. The van der Waals surface area contributed by atoms with Gasteiger partial charge in [0.25, 0.3) is 0 Å². The first-order chi connectivity index (χ1) is 9.91. The molecule has 0 saturated heterocycles. The van der Waals surface area contributed by atoms with Crippen molar-refractivity contribution in [1.29, 1.82) is 0 Å². The van der Waals surface area contributed by atoms with Gasteiger partial charge in [-0.1, -0.05) is 37.3 Å². The molecule has 0 bridgehead atoms. The maximum absolute atomic E-state index is 12.3. The molecule has 0 aliphatic rings. The number of halogens is 3. The molecular weight excluding hydrogens is 285 g/mol. The average Bonchev–Trinajstić information content (AvgIpc) is 2.82. The Balaban J connectivity index is 2.32. The van der Waals surface area contributed by atoms with E-state index in [1.807, 2.05) is 6.92 Å². The summed E-state index contributed by atoms with van der Waals surface area (Å²) in [5.41, 5.74) is 0.662. The SMILES string of the molecule is CCCn1nc(-c2ccccc2)nc1NC(=O)C(F)(F)F. The predicted molar refractivity (Wildman–Crippen MR) is 70.4 cm³/mol. The van der Waals surface area contributed by atoms with Crippen molar-refractivity contribution in [3.8, 4) is 11.4 Å². The summed E-state index contributed by atoms with van der Waals surface area (Å²) in [6, 6.07) is 8.81. The van der Waals surface area contributed by atoms with E-state index < -0.39 is 12.1 Å². The van der Waals surface area contributed by atoms with E-state index in [2.05, 4.69) is 10.1 Å². The zero-order valence-electron chi connectivity index (χ0n) is 11.2. The van der Waals surface area contributed by atoms with Gasteiger partial charge in [0.15, 0.2) is 5.82 Å². The molecule has 0 atom stereocenters. The molecule has 112 valence electrons. The Labute approximate surface area is 118 Å². The summed E-state index contributed by atoms with van der Waals surface area (Å²) in [7, 11) is 0. The summed E-state index contributed by atoms with van der Waals surface area (Å²) < 4.78 is 38.2. The third-order valence-electron chi connectivity index (χ3n) is 2.62. The standard InChI is InChI=1S/C13H13F3N4O/c1-2-8-20-12(18-11(21)13(14,15)16)17-10(19-20)9-6-4-3-5-7-9/h3-7H,2,8H2,1H3,(H,17,18,19,21). The first-order valence-electron chi connectivity index (χ1n) is 6.30. The zero-order chi connectivity index (χ0) is 15.5. The number of carbonyl (C=O) groups is 1. The summed E-state index contributed by atoms with van der Waals surface area (Å²) in [6.45, 7) is 2.20. The van der Waals surface area contributed by atoms with Gasteiger partial charge >= 0.3 is 12.1 Å². The van der Waals surface area contributed by atoms with E-state index >= 15 is 0 Å². The molecule has 0 radical (unpaired) electrons. The van der Waals surface area contributed by atoms with Crippen molar-refractivity contribution in [1.82, 2.24) is 14.8 Å². The van der Waals surface area contributed by atoms with E-state index in [0.29, 0.717) is 18.5 Å². The molecule has 0 fully saturated rings. The molecule has 0 saturated carbocycles. The molecule has 1 heterocycles. The average molecular weight is 298 g/mol. The highest BCUT2D eigenvalue weighted by Gasteiger charge is 2.39. The van der Waals surface area contributed by atoms with E-state index in [1.54, 1.807) is 35.6 Å². The smallest absolute Gasteiger partial charge is 0.287 e. The van der Waals surface area contributed by atoms with Gasteiger partial charge in [0.05, 0.1) is 0 Å². The van der Waals surface area contributed by atoms with Crippen LogP contribution in [-0.4, -0.2) is 26.8 Å². The van der Waals surface area contributed by atoms with Crippen molar-refractivity contribution in [2.45, 2.75) is 26.1 Å². The topological polar surface area (TPSA) is 59.8 Å². The van der Waals surface area contributed by atoms with E-state index in [1.165, 1.54) is 4.68 Å². The van der Waals surface area contributed by atoms with E-state index in [0.717, 1.165) is 0 Å². The molecule has 5 nitrogen and oxygen atoms in total. The van der Waals surface area contributed by atoms with Gasteiger partial charge < -0.3 is 0 Å². The largest absolute Gasteiger partial charge is 0.471 e. The number of aryl methyl sites for hydroxylation is 1. The molecule has 2 aromatic rings. The number of hydrogen-bond acceptors (Lipinski definition) is 3. The van der Waals surface area contributed by atoms with Crippen LogP contribution >= 0.6 is 0 Å². The third-order valence-corrected chi connectivity index (χ3v) is 2.62. The molecule has 0 spiro atoms. The Morgan fingerprint density at radius 3 is 2.52 bits per heavy atom. The van der Waals surface area contributed by atoms with E-state index in [9.17, 15) is 18.0 Å². The monoisotopic (exact) mass is 298 g/mol. The number of amides is 1. The minimum absolute atomic E-state index is 0.210. The second-order valence-electron chi connectivity index (χ2n) is 4.30. The Bertz CT molecular complexity index is 622. The number of nitrogens with one attached hydrogen (secondary N) is 1. The Morgan fingerprint density at radius 2 is 1.95 bits per heavy atom. The maximum atomic E-state index is 12.3. The lowest BCUT2D eigenvalue weighted by atomic mass is 10.2. The van der Waals surface area contributed by atoms with Crippen LogP contribution in [-0.2, 0) is 11.3 Å². The predicted octanol–water partition coefficient (Wildman–Crippen LogP) is 2.86. The van der Waals surface area contributed by atoms with Gasteiger partial charge in [-0.3, -0.25) is 10.1 Å². The van der Waals surface area contributed by atoms with Crippen LogP contribution in [0.25, 0.3) is 11.4 Å². The number of carbonyl (C=O) groups excluding carboxylic acids is 1. The van der Waals surface area contributed by atoms with Crippen molar-refractivity contribution in [2.24, 2.45) is 0 Å². The minimum atomic E-state index is -4.96. The highest BCUT2D eigenvalue weighted by Crippen LogP contribution is 2.21. The summed E-state index contributed by atoms with van der Waals surface area (Å²) in [4.78, 5) is 15.0. The fraction of sp³-hybridized carbons (Fsp3) is 0.308. The van der Waals surface area contributed by atoms with Crippen molar-refractivity contribution in [3.05, 3.63) is 30.3 Å². The van der Waals surface area contributed by atoms with Crippen LogP contribution in [0, 0.1) is 0 Å². The van der Waals surface area contributed by atoms with Crippen LogP contribution in [0.5, 0.6) is 0 Å². The molecule has 0 aliphatic heterocycles. The summed E-state index contributed by atoms with van der Waals surface area (Å²) in [6.07, 6.45) is -4.32. The van der Waals surface area contributed by atoms with E-state index in [-0.39, 0.29) is 11.8 Å². The van der Waals surface area contributed by atoms with Crippen LogP contribution in [0.2, 0.25) is 0 Å². The number of anilines is 1. The quantitative estimate of drug-likeness (QED) is 0.944. The highest BCUT2D eigenvalue weighted by atomic mass is 19.4. The summed E-state index contributed by atoms with van der Waals surface area (Å²) in [5.74, 6) is -2.01. The molecule has 2 rings (SSSR count). The van der Waals surface area contributed by atoms with Crippen molar-refractivity contribution < 1.29 is 18.0 Å². The first-order valence-corrected chi connectivity index (χ1v) is 6.30. The fourth-order valence-corrected chi connectivity index (χ4v) is 1.68. The Morgan fingerprint density at radius 1 is 1.29 bits per heavy atom. The van der Waals surface area contributed by atoms with Gasteiger partial charge in [-0.2, -0.15) is 18.2 Å². The maximum Gasteiger partial charge on any atom is 0.471 e. The molecule has 0 unspecified atom stereocenters. The molecule has 8 heteroatoms. The lowest BCUT2D eigenvalue weighted by Crippen LogP contribution is -2.31. The highest BCUT2D eigenvalue weighted by molar-refractivity contribution is 5.93. The normalized spacial score (nSPS) is 11.4. The van der Waals surface area contributed by atoms with Crippen LogP contribution < -0.4 is 5.32 Å². The number of rotatable bonds is 4. The lowest BCUT2D eigenvalue weighted by molar-refractivity contribution is -0.167. The number of hydrogen-bond donors (Lipinski definition) is 1. The molecule has 1 amide bonds. The van der Waals surface area contributed by atoms with Crippen LogP contribution in [0.15, 0.2) is 30.3 Å². The van der Waals surface area contributed by atoms with Crippen molar-refractivity contribution in [3.63, 3.8) is 0 Å². The van der Waals surface area contributed by atoms with Crippen molar-refractivity contribution >= 4 is 11.9 Å². The molecule has 1 aromatic heterocycles. The van der Waals surface area contributed by atoms with Gasteiger partial charge in [-0.15, -0.1) is 5.10 Å². The van der Waals surface area contributed by atoms with Gasteiger partial charge in [-0.05, 0) is 6.42 Å². The lowest BCUT2D eigenvalue weighted by Gasteiger charge is -2.07. The summed E-state index contributed by atoms with van der Waals surface area (Å²) in [5, 5.41) is 5.88. The van der Waals surface area contributed by atoms with Crippen LogP contribution in [0.3, 0.4) is 0 Å². The molecule has 1 N–H and O–H groups in total. The van der Waals surface area contributed by atoms with E-state index in [4.69, 9.17) is 0 Å². The second kappa shape index (κ2) is 5.94. The molecule has 21 heavy (non-hydrogen) atoms. The zero-order valence-corrected chi connectivity index (χ0v) is 11.2. The minimum Gasteiger partial charge on any atom is -0.287 e. The van der Waals surface area contributed by atoms with Gasteiger partial charge in [0.1, 0.15) is 0 Å². The Kier molecular flexibility index (Phi) is 4.25. The Hall–Kier alpha value is -2.38. The number of aromatic nitrogens is 3. The van der Waals surface area contributed by atoms with Crippen LogP contribution in [0.4, 0.5) is 19.1 Å². The second-order valence-corrected chi connectivity index (χ2v) is 4.30. The van der Waals surface area contributed by atoms with Crippen LogP contribution in [0.1, 0.15) is 13.3 Å². The number of benzene rings is 1. The van der Waals surface area contributed by atoms with Crippen molar-refractivity contribution in [2.75, 3.05) is 5.32 Å². The molecule has 0 aliphatic carbocycles. The summed E-state index contributed by atoms with van der Waals surface area (Å²) >= 11 is 0. The fourth-order valence-electron chi connectivity index (χ4n) is 1.68. The van der Waals surface area contributed by atoms with Gasteiger partial charge in [-0.25, -0.2) is 4.68 Å². The first kappa shape index (κ1) is 15.0. The molecule has 1 aromatic carbocycles. The van der Waals surface area contributed by atoms with Gasteiger partial charge in [0, 0.05) is 12.1 Å².